The Balaban J connectivity index is 2.22. The molecule has 0 aliphatic heterocycles. The normalized spacial score (nSPS) is 26.7. The van der Waals surface area contributed by atoms with E-state index in [1.54, 1.807) is 0 Å². The first-order valence-electron chi connectivity index (χ1n) is 7.94. The zero-order valence-corrected chi connectivity index (χ0v) is 13.9. The molecule has 3 nitrogen and oxygen atoms in total. The van der Waals surface area contributed by atoms with E-state index in [1.807, 2.05) is 31.2 Å². The van der Waals surface area contributed by atoms with Gasteiger partial charge in [0, 0.05) is 0 Å². The number of nitrogens with two attached hydrogens (primary N) is 1. The van der Waals surface area contributed by atoms with Crippen molar-refractivity contribution >= 4 is 9.84 Å². The molecule has 0 radical (unpaired) electrons. The van der Waals surface area contributed by atoms with E-state index in [9.17, 15) is 8.42 Å². The predicted molar refractivity (Wildman–Crippen MR) is 87.8 cm³/mol. The third-order valence-electron chi connectivity index (χ3n) is 5.00. The molecule has 1 aliphatic carbocycles. The summed E-state index contributed by atoms with van der Waals surface area (Å²) >= 11 is 0. The fourth-order valence-electron chi connectivity index (χ4n) is 3.45. The SMILES string of the molecule is CCC1CCC(CN)C(S(=O)(=O)Cc2ccccc2C)C1. The lowest BCUT2D eigenvalue weighted by atomic mass is 9.80. The maximum absolute atomic E-state index is 12.9. The maximum Gasteiger partial charge on any atom is 0.157 e. The molecule has 0 aromatic heterocycles. The molecule has 0 amide bonds. The summed E-state index contributed by atoms with van der Waals surface area (Å²) < 4.78 is 25.8. The minimum absolute atomic E-state index is 0.127. The number of sulfone groups is 1. The quantitative estimate of drug-likeness (QED) is 0.909. The van der Waals surface area contributed by atoms with Crippen molar-refractivity contribution in [2.75, 3.05) is 6.54 Å². The lowest BCUT2D eigenvalue weighted by Gasteiger charge is -2.35. The lowest BCUT2D eigenvalue weighted by molar-refractivity contribution is 0.275. The van der Waals surface area contributed by atoms with Gasteiger partial charge in [0.1, 0.15) is 0 Å². The van der Waals surface area contributed by atoms with E-state index in [4.69, 9.17) is 5.73 Å². The molecule has 3 atom stereocenters. The van der Waals surface area contributed by atoms with Crippen LogP contribution in [0, 0.1) is 18.8 Å². The van der Waals surface area contributed by atoms with Crippen LogP contribution >= 0.6 is 0 Å². The lowest BCUT2D eigenvalue weighted by Crippen LogP contribution is -2.40. The summed E-state index contributed by atoms with van der Waals surface area (Å²) in [6.45, 7) is 4.60. The molecule has 1 aliphatic rings. The largest absolute Gasteiger partial charge is 0.330 e. The van der Waals surface area contributed by atoms with Crippen LogP contribution in [-0.4, -0.2) is 20.2 Å². The topological polar surface area (TPSA) is 60.2 Å². The van der Waals surface area contributed by atoms with Crippen molar-refractivity contribution in [3.8, 4) is 0 Å². The molecule has 1 aromatic rings. The third kappa shape index (κ3) is 3.86. The molecule has 0 spiro atoms. The number of hydrogen-bond donors (Lipinski definition) is 1. The van der Waals surface area contributed by atoms with Gasteiger partial charge in [-0.3, -0.25) is 0 Å². The summed E-state index contributed by atoms with van der Waals surface area (Å²) in [6, 6.07) is 7.75. The Kier molecular flexibility index (Phi) is 5.44. The van der Waals surface area contributed by atoms with E-state index in [1.165, 1.54) is 0 Å². The number of aryl methyl sites for hydroxylation is 1. The van der Waals surface area contributed by atoms with Gasteiger partial charge in [-0.2, -0.15) is 0 Å². The van der Waals surface area contributed by atoms with Gasteiger partial charge >= 0.3 is 0 Å². The fourth-order valence-corrected chi connectivity index (χ4v) is 5.82. The summed E-state index contributed by atoms with van der Waals surface area (Å²) in [7, 11) is -3.14. The number of hydrogen-bond acceptors (Lipinski definition) is 3. The van der Waals surface area contributed by atoms with Gasteiger partial charge in [0.2, 0.25) is 0 Å². The molecule has 0 heterocycles. The van der Waals surface area contributed by atoms with Gasteiger partial charge in [-0.1, -0.05) is 44.0 Å². The molecule has 0 bridgehead atoms. The Morgan fingerprint density at radius 1 is 1.24 bits per heavy atom. The van der Waals surface area contributed by atoms with Crippen LogP contribution in [0.15, 0.2) is 24.3 Å². The van der Waals surface area contributed by atoms with Gasteiger partial charge in [0.05, 0.1) is 11.0 Å². The van der Waals surface area contributed by atoms with E-state index in [0.29, 0.717) is 12.5 Å². The summed E-state index contributed by atoms with van der Waals surface area (Å²) in [5.41, 5.74) is 7.81. The highest BCUT2D eigenvalue weighted by atomic mass is 32.2. The Hall–Kier alpha value is -0.870. The second-order valence-corrected chi connectivity index (χ2v) is 8.58. The smallest absolute Gasteiger partial charge is 0.157 e. The van der Waals surface area contributed by atoms with Gasteiger partial charge in [-0.05, 0) is 49.3 Å². The van der Waals surface area contributed by atoms with Crippen LogP contribution in [0.5, 0.6) is 0 Å². The van der Waals surface area contributed by atoms with Gasteiger partial charge in [-0.15, -0.1) is 0 Å². The first-order valence-corrected chi connectivity index (χ1v) is 9.65. The van der Waals surface area contributed by atoms with Crippen molar-refractivity contribution in [1.29, 1.82) is 0 Å². The van der Waals surface area contributed by atoms with Crippen LogP contribution in [0.2, 0.25) is 0 Å². The molecule has 3 unspecified atom stereocenters. The minimum atomic E-state index is -3.14. The molecule has 0 saturated heterocycles. The zero-order valence-electron chi connectivity index (χ0n) is 13.1. The monoisotopic (exact) mass is 309 g/mol. The van der Waals surface area contributed by atoms with E-state index in [2.05, 4.69) is 6.92 Å². The molecule has 118 valence electrons. The first kappa shape index (κ1) is 16.5. The van der Waals surface area contributed by atoms with Crippen molar-refractivity contribution < 1.29 is 8.42 Å². The Bertz CT molecular complexity index is 568. The summed E-state index contributed by atoms with van der Waals surface area (Å²) in [5.74, 6) is 0.809. The second-order valence-electron chi connectivity index (χ2n) is 6.36. The Labute approximate surface area is 128 Å². The molecule has 1 fully saturated rings. The van der Waals surface area contributed by atoms with Gasteiger partial charge in [0.15, 0.2) is 9.84 Å². The van der Waals surface area contributed by atoms with Crippen LogP contribution < -0.4 is 5.73 Å². The summed E-state index contributed by atoms with van der Waals surface area (Å²) in [6.07, 6.45) is 3.92. The third-order valence-corrected chi connectivity index (χ3v) is 7.21. The summed E-state index contributed by atoms with van der Waals surface area (Å²) in [4.78, 5) is 0. The Morgan fingerprint density at radius 3 is 2.57 bits per heavy atom. The molecule has 21 heavy (non-hydrogen) atoms. The van der Waals surface area contributed by atoms with Gasteiger partial charge in [0.25, 0.3) is 0 Å². The van der Waals surface area contributed by atoms with Crippen molar-refractivity contribution in [1.82, 2.24) is 0 Å². The van der Waals surface area contributed by atoms with Crippen LogP contribution in [0.4, 0.5) is 0 Å². The van der Waals surface area contributed by atoms with E-state index < -0.39 is 9.84 Å². The average Bonchev–Trinajstić information content (AvgIpc) is 2.48. The molecule has 2 N–H and O–H groups in total. The first-order chi connectivity index (χ1) is 9.97. The fraction of sp³-hybridized carbons (Fsp3) is 0.647. The van der Waals surface area contributed by atoms with E-state index in [-0.39, 0.29) is 16.9 Å². The molecular weight excluding hydrogens is 282 g/mol. The van der Waals surface area contributed by atoms with Crippen LogP contribution in [-0.2, 0) is 15.6 Å². The van der Waals surface area contributed by atoms with Gasteiger partial charge in [-0.25, -0.2) is 8.42 Å². The average molecular weight is 309 g/mol. The van der Waals surface area contributed by atoms with E-state index >= 15 is 0 Å². The van der Waals surface area contributed by atoms with Crippen LogP contribution in [0.25, 0.3) is 0 Å². The minimum Gasteiger partial charge on any atom is -0.330 e. The Morgan fingerprint density at radius 2 is 1.95 bits per heavy atom. The highest BCUT2D eigenvalue weighted by molar-refractivity contribution is 7.91. The molecule has 2 rings (SSSR count). The van der Waals surface area contributed by atoms with Crippen molar-refractivity contribution in [3.63, 3.8) is 0 Å². The van der Waals surface area contributed by atoms with Gasteiger partial charge < -0.3 is 5.73 Å². The highest BCUT2D eigenvalue weighted by Crippen LogP contribution is 2.35. The van der Waals surface area contributed by atoms with Crippen LogP contribution in [0.1, 0.15) is 43.7 Å². The molecular formula is C17H27NO2S. The number of benzene rings is 1. The maximum atomic E-state index is 12.9. The van der Waals surface area contributed by atoms with E-state index in [0.717, 1.165) is 36.8 Å². The van der Waals surface area contributed by atoms with Crippen molar-refractivity contribution in [3.05, 3.63) is 35.4 Å². The molecule has 1 aromatic carbocycles. The van der Waals surface area contributed by atoms with Crippen molar-refractivity contribution in [2.24, 2.45) is 17.6 Å². The molecule has 4 heteroatoms. The summed E-state index contributed by atoms with van der Waals surface area (Å²) in [5, 5.41) is -0.263. The standard InChI is InChI=1S/C17H27NO2S/c1-3-14-8-9-15(11-18)17(10-14)21(19,20)12-16-7-5-4-6-13(16)2/h4-7,14-15,17H,3,8-12,18H2,1-2H3. The number of rotatable bonds is 5. The molecule has 1 saturated carbocycles. The van der Waals surface area contributed by atoms with Crippen molar-refractivity contribution in [2.45, 2.75) is 50.5 Å². The highest BCUT2D eigenvalue weighted by Gasteiger charge is 2.37. The van der Waals surface area contributed by atoms with Crippen LogP contribution in [0.3, 0.4) is 0 Å². The predicted octanol–water partition coefficient (Wildman–Crippen LogP) is 3.06. The zero-order chi connectivity index (χ0) is 15.5. The second kappa shape index (κ2) is 6.93.